The first-order valence-corrected chi connectivity index (χ1v) is 9.26. The molecule has 0 aliphatic carbocycles. The second-order valence-corrected chi connectivity index (χ2v) is 6.29. The van der Waals surface area contributed by atoms with Crippen LogP contribution in [0.3, 0.4) is 0 Å². The number of hydrogen-bond acceptors (Lipinski definition) is 6. The largest absolute Gasteiger partial charge is 0.379 e. The number of hydrogen-bond donors (Lipinski definition) is 2. The molecule has 0 heterocycles. The van der Waals surface area contributed by atoms with Gasteiger partial charge in [0.05, 0.1) is 13.2 Å². The fraction of sp³-hybridized carbons (Fsp3) is 0.500. The molecule has 0 aromatic heterocycles. The van der Waals surface area contributed by atoms with Crippen molar-refractivity contribution in [2.45, 2.75) is 19.9 Å². The lowest BCUT2D eigenvalue weighted by Gasteiger charge is -2.08. The van der Waals surface area contributed by atoms with Crippen LogP contribution in [0.15, 0.2) is 24.3 Å². The van der Waals surface area contributed by atoms with E-state index in [1.807, 2.05) is 16.2 Å². The van der Waals surface area contributed by atoms with Crippen LogP contribution in [0.4, 0.5) is 5.69 Å². The van der Waals surface area contributed by atoms with Crippen molar-refractivity contribution in [3.63, 3.8) is 0 Å². The van der Waals surface area contributed by atoms with E-state index in [-0.39, 0.29) is 37.2 Å². The molecule has 0 saturated carbocycles. The normalized spacial score (nSPS) is 10.4. The number of rotatable bonds is 14. The fourth-order valence-electron chi connectivity index (χ4n) is 1.93. The van der Waals surface area contributed by atoms with Gasteiger partial charge in [0.1, 0.15) is 19.8 Å². The van der Waals surface area contributed by atoms with Crippen molar-refractivity contribution in [1.82, 2.24) is 5.32 Å². The summed E-state index contributed by atoms with van der Waals surface area (Å²) >= 11 is 0. The van der Waals surface area contributed by atoms with Crippen molar-refractivity contribution in [2.24, 2.45) is 0 Å². The Hall–Kier alpha value is -1.86. The second kappa shape index (κ2) is 14.2. The zero-order valence-corrected chi connectivity index (χ0v) is 16.6. The second-order valence-electron chi connectivity index (χ2n) is 5.65. The molecule has 1 unspecified atom stereocenters. The first kappa shape index (κ1) is 23.2. The van der Waals surface area contributed by atoms with Crippen molar-refractivity contribution in [3.05, 3.63) is 29.8 Å². The van der Waals surface area contributed by atoms with E-state index in [1.54, 1.807) is 24.3 Å². The summed E-state index contributed by atoms with van der Waals surface area (Å²) in [6.45, 7) is 3.62. The van der Waals surface area contributed by atoms with Gasteiger partial charge in [-0.3, -0.25) is 14.4 Å². The smallest absolute Gasteiger partial charge is 0.250 e. The van der Waals surface area contributed by atoms with Gasteiger partial charge in [0, 0.05) is 18.8 Å². The van der Waals surface area contributed by atoms with Crippen molar-refractivity contribution in [2.75, 3.05) is 45.0 Å². The number of amides is 2. The first-order valence-electron chi connectivity index (χ1n) is 8.68. The van der Waals surface area contributed by atoms with E-state index in [1.165, 1.54) is 0 Å². The number of nitrogens with one attached hydrogen (secondary N) is 2. The highest BCUT2D eigenvalue weighted by Crippen LogP contribution is 2.09. The molecule has 1 aromatic rings. The number of ether oxygens (including phenoxy) is 3. The maximum atomic E-state index is 11.7. The van der Waals surface area contributed by atoms with Gasteiger partial charge in [-0.15, -0.1) is 0 Å². The van der Waals surface area contributed by atoms with Crippen LogP contribution in [0.5, 0.6) is 0 Å². The van der Waals surface area contributed by atoms with Gasteiger partial charge in [-0.05, 0) is 24.1 Å². The van der Waals surface area contributed by atoms with Crippen LogP contribution in [0.1, 0.15) is 18.9 Å². The molecule has 0 aliphatic heterocycles. The molecular formula is C18H27N2O6P. The third kappa shape index (κ3) is 12.2. The zero-order valence-electron chi connectivity index (χ0n) is 15.5. The summed E-state index contributed by atoms with van der Waals surface area (Å²) in [7, 11) is 1.98. The highest BCUT2D eigenvalue weighted by atomic mass is 31.0. The van der Waals surface area contributed by atoms with E-state index in [0.29, 0.717) is 32.1 Å². The van der Waals surface area contributed by atoms with Gasteiger partial charge in [-0.2, -0.15) is 0 Å². The summed E-state index contributed by atoms with van der Waals surface area (Å²) in [5.74, 6) is -0.550. The Morgan fingerprint density at radius 3 is 2.22 bits per heavy atom. The van der Waals surface area contributed by atoms with Gasteiger partial charge in [-0.1, -0.05) is 28.3 Å². The third-order valence-electron chi connectivity index (χ3n) is 3.16. The Labute approximate surface area is 161 Å². The van der Waals surface area contributed by atoms with Crippen LogP contribution < -0.4 is 10.6 Å². The number of benzene rings is 1. The van der Waals surface area contributed by atoms with Crippen LogP contribution in [0.2, 0.25) is 0 Å². The molecule has 0 saturated heterocycles. The summed E-state index contributed by atoms with van der Waals surface area (Å²) < 4.78 is 15.4. The molecule has 1 aromatic carbocycles. The molecule has 2 N–H and O–H groups in total. The van der Waals surface area contributed by atoms with Crippen molar-refractivity contribution in [3.8, 4) is 0 Å². The molecular weight excluding hydrogens is 371 g/mol. The summed E-state index contributed by atoms with van der Waals surface area (Å²) in [4.78, 5) is 34.0. The highest BCUT2D eigenvalue weighted by Gasteiger charge is 2.05. The minimum absolute atomic E-state index is 0.0115. The van der Waals surface area contributed by atoms with E-state index in [4.69, 9.17) is 14.2 Å². The lowest BCUT2D eigenvalue weighted by Crippen LogP contribution is -2.27. The maximum Gasteiger partial charge on any atom is 0.250 e. The minimum atomic E-state index is -0.345. The predicted octanol–water partition coefficient (Wildman–Crippen LogP) is 1.10. The predicted molar refractivity (Wildman–Crippen MR) is 104 cm³/mol. The molecule has 0 spiro atoms. The maximum absolute atomic E-state index is 11.7. The Balaban J connectivity index is 2.21. The number of anilines is 1. The molecule has 1 atom stereocenters. The van der Waals surface area contributed by atoms with E-state index < -0.39 is 0 Å². The monoisotopic (exact) mass is 398 g/mol. The number of carbonyl (C=O) groups excluding carboxylic acids is 3. The van der Waals surface area contributed by atoms with E-state index >= 15 is 0 Å². The summed E-state index contributed by atoms with van der Waals surface area (Å²) in [5, 5.41) is 5.41. The van der Waals surface area contributed by atoms with Gasteiger partial charge in [0.2, 0.25) is 11.8 Å². The molecule has 0 radical (unpaired) electrons. The van der Waals surface area contributed by atoms with Gasteiger partial charge in [0.15, 0.2) is 5.52 Å². The molecule has 150 valence electrons. The molecule has 0 fully saturated rings. The standard InChI is InChI=1S/C18H27N2O6P/c1-2-7-24-8-9-25-11-16(21)19-10-14-3-5-15(6-4-14)20-17(22)12-26-13-18(23)27/h3-6H,2,7-13,27H2,1H3,(H,19,21)(H,20,22). The van der Waals surface area contributed by atoms with Gasteiger partial charge < -0.3 is 24.8 Å². The average molecular weight is 398 g/mol. The molecule has 2 amide bonds. The summed E-state index contributed by atoms with van der Waals surface area (Å²) in [5.41, 5.74) is 1.27. The lowest BCUT2D eigenvalue weighted by atomic mass is 10.2. The van der Waals surface area contributed by atoms with Crippen molar-refractivity contribution < 1.29 is 28.6 Å². The van der Waals surface area contributed by atoms with E-state index in [0.717, 1.165) is 12.0 Å². The lowest BCUT2D eigenvalue weighted by molar-refractivity contribution is -0.126. The molecule has 9 heteroatoms. The Morgan fingerprint density at radius 2 is 1.56 bits per heavy atom. The van der Waals surface area contributed by atoms with Crippen LogP contribution in [-0.4, -0.2) is 57.0 Å². The van der Waals surface area contributed by atoms with Crippen molar-refractivity contribution in [1.29, 1.82) is 0 Å². The zero-order chi connectivity index (χ0) is 19.9. The molecule has 0 aliphatic rings. The highest BCUT2D eigenvalue weighted by molar-refractivity contribution is 7.40. The van der Waals surface area contributed by atoms with Crippen LogP contribution in [0, 0.1) is 0 Å². The topological polar surface area (TPSA) is 103 Å². The Kier molecular flexibility index (Phi) is 12.2. The molecule has 27 heavy (non-hydrogen) atoms. The average Bonchev–Trinajstić information content (AvgIpc) is 2.63. The van der Waals surface area contributed by atoms with Crippen LogP contribution in [0.25, 0.3) is 0 Å². The Bertz CT molecular complexity index is 594. The molecule has 8 nitrogen and oxygen atoms in total. The van der Waals surface area contributed by atoms with Crippen LogP contribution in [-0.2, 0) is 35.1 Å². The van der Waals surface area contributed by atoms with Gasteiger partial charge >= 0.3 is 0 Å². The summed E-state index contributed by atoms with van der Waals surface area (Å²) in [6.07, 6.45) is 0.954. The SMILES string of the molecule is CCCOCCOCC(=O)NCc1ccc(NC(=O)COCC(=O)P)cc1. The first-order chi connectivity index (χ1) is 13.0. The fourth-order valence-corrected chi connectivity index (χ4v) is 2.05. The minimum Gasteiger partial charge on any atom is -0.379 e. The quantitative estimate of drug-likeness (QED) is 0.359. The Morgan fingerprint density at radius 1 is 0.889 bits per heavy atom. The van der Waals surface area contributed by atoms with Crippen molar-refractivity contribution >= 4 is 32.3 Å². The van der Waals surface area contributed by atoms with Gasteiger partial charge in [-0.25, -0.2) is 0 Å². The third-order valence-corrected chi connectivity index (χ3v) is 3.33. The number of carbonyl (C=O) groups is 3. The summed E-state index contributed by atoms with van der Waals surface area (Å²) in [6, 6.07) is 7.04. The molecule has 0 bridgehead atoms. The molecule has 1 rings (SSSR count). The van der Waals surface area contributed by atoms with E-state index in [2.05, 4.69) is 10.6 Å². The van der Waals surface area contributed by atoms with E-state index in [9.17, 15) is 14.4 Å². The van der Waals surface area contributed by atoms with Gasteiger partial charge in [0.25, 0.3) is 0 Å². The van der Waals surface area contributed by atoms with Crippen LogP contribution >= 0.6 is 9.24 Å².